The molecule has 158 valence electrons. The van der Waals surface area contributed by atoms with Crippen LogP contribution in [0.3, 0.4) is 0 Å². The second-order valence-electron chi connectivity index (χ2n) is 8.47. The van der Waals surface area contributed by atoms with Crippen LogP contribution in [0, 0.1) is 0 Å². The molecule has 2 aromatic heterocycles. The third kappa shape index (κ3) is 3.50. The van der Waals surface area contributed by atoms with E-state index in [1.807, 2.05) is 48.5 Å². The summed E-state index contributed by atoms with van der Waals surface area (Å²) in [5.41, 5.74) is 9.54. The Balaban J connectivity index is 1.56. The average Bonchev–Trinajstić information content (AvgIpc) is 3.36. The number of benzene rings is 2. The van der Waals surface area contributed by atoms with Crippen molar-refractivity contribution in [1.29, 1.82) is 0 Å². The topological polar surface area (TPSA) is 100 Å². The number of ether oxygens (including phenoxy) is 2. The van der Waals surface area contributed by atoms with Crippen molar-refractivity contribution in [1.82, 2.24) is 19.7 Å². The van der Waals surface area contributed by atoms with Crippen LogP contribution in [0.15, 0.2) is 48.5 Å². The normalized spacial score (nSPS) is 13.0. The Kier molecular flexibility index (Phi) is 4.43. The van der Waals surface area contributed by atoms with Crippen LogP contribution in [0.4, 0.5) is 11.8 Å². The van der Waals surface area contributed by atoms with Gasteiger partial charge in [0.2, 0.25) is 12.7 Å². The Morgan fingerprint density at radius 1 is 1.03 bits per heavy atom. The van der Waals surface area contributed by atoms with E-state index in [0.717, 1.165) is 33.7 Å². The quantitative estimate of drug-likeness (QED) is 0.515. The lowest BCUT2D eigenvalue weighted by atomic mass is 10.1. The standard InChI is InChI=1S/C23H24N6O2/c1-23(2,3)29-20(24)18-19(15-7-5-4-6-8-15)26-22(27-21(18)28-29)25-12-14-9-10-16-17(11-14)31-13-30-16/h4-11H,12-13,24H2,1-3H3,(H,25,27,28). The van der Waals surface area contributed by atoms with E-state index < -0.39 is 0 Å². The van der Waals surface area contributed by atoms with Crippen LogP contribution in [0.2, 0.25) is 0 Å². The highest BCUT2D eigenvalue weighted by atomic mass is 16.7. The zero-order valence-corrected chi connectivity index (χ0v) is 17.7. The molecule has 31 heavy (non-hydrogen) atoms. The summed E-state index contributed by atoms with van der Waals surface area (Å²) in [6.45, 7) is 6.97. The lowest BCUT2D eigenvalue weighted by Gasteiger charge is -2.20. The number of hydrogen-bond acceptors (Lipinski definition) is 7. The first-order valence-corrected chi connectivity index (χ1v) is 10.1. The summed E-state index contributed by atoms with van der Waals surface area (Å²) in [5, 5.41) is 8.77. The lowest BCUT2D eigenvalue weighted by molar-refractivity contribution is 0.174. The number of nitrogens with two attached hydrogens (primary N) is 1. The van der Waals surface area contributed by atoms with E-state index in [4.69, 9.17) is 25.3 Å². The molecule has 1 aliphatic heterocycles. The molecule has 3 heterocycles. The van der Waals surface area contributed by atoms with E-state index in [2.05, 4.69) is 31.1 Å². The fraction of sp³-hybridized carbons (Fsp3) is 0.261. The van der Waals surface area contributed by atoms with Crippen molar-refractivity contribution in [3.8, 4) is 22.8 Å². The smallest absolute Gasteiger partial charge is 0.231 e. The van der Waals surface area contributed by atoms with Crippen LogP contribution < -0.4 is 20.5 Å². The van der Waals surface area contributed by atoms with E-state index in [0.29, 0.717) is 24.0 Å². The van der Waals surface area contributed by atoms with Crippen molar-refractivity contribution >= 4 is 22.8 Å². The number of aromatic nitrogens is 4. The zero-order valence-electron chi connectivity index (χ0n) is 17.7. The molecular formula is C23H24N6O2. The summed E-state index contributed by atoms with van der Waals surface area (Å²) in [6.07, 6.45) is 0. The summed E-state index contributed by atoms with van der Waals surface area (Å²) in [7, 11) is 0. The zero-order chi connectivity index (χ0) is 21.6. The Morgan fingerprint density at radius 2 is 1.81 bits per heavy atom. The third-order valence-electron chi connectivity index (χ3n) is 5.14. The molecule has 0 bridgehead atoms. The molecule has 0 atom stereocenters. The first kappa shape index (κ1) is 19.2. The van der Waals surface area contributed by atoms with Crippen molar-refractivity contribution in [3.05, 3.63) is 54.1 Å². The molecular weight excluding hydrogens is 392 g/mol. The minimum atomic E-state index is -0.279. The van der Waals surface area contributed by atoms with Crippen LogP contribution in [0.5, 0.6) is 11.5 Å². The first-order chi connectivity index (χ1) is 14.9. The number of nitrogens with one attached hydrogen (secondary N) is 1. The second-order valence-corrected chi connectivity index (χ2v) is 8.47. The van der Waals surface area contributed by atoms with E-state index in [1.165, 1.54) is 0 Å². The molecule has 0 saturated carbocycles. The molecule has 2 aromatic carbocycles. The molecule has 0 radical (unpaired) electrons. The molecule has 8 heteroatoms. The number of fused-ring (bicyclic) bond motifs is 2. The summed E-state index contributed by atoms with van der Waals surface area (Å²) in [4.78, 5) is 9.46. The fourth-order valence-corrected chi connectivity index (χ4v) is 3.64. The highest BCUT2D eigenvalue weighted by Gasteiger charge is 2.24. The van der Waals surface area contributed by atoms with E-state index >= 15 is 0 Å². The predicted octanol–water partition coefficient (Wildman–Crippen LogP) is 4.17. The summed E-state index contributed by atoms with van der Waals surface area (Å²) < 4.78 is 12.7. The van der Waals surface area contributed by atoms with Gasteiger partial charge in [-0.15, -0.1) is 5.10 Å². The largest absolute Gasteiger partial charge is 0.454 e. The minimum Gasteiger partial charge on any atom is -0.454 e. The second kappa shape index (κ2) is 7.16. The van der Waals surface area contributed by atoms with Crippen LogP contribution in [0.1, 0.15) is 26.3 Å². The first-order valence-electron chi connectivity index (χ1n) is 10.1. The van der Waals surface area contributed by atoms with Crippen LogP contribution in [0.25, 0.3) is 22.3 Å². The van der Waals surface area contributed by atoms with Gasteiger partial charge in [0.05, 0.1) is 16.6 Å². The van der Waals surface area contributed by atoms with Crippen molar-refractivity contribution in [2.75, 3.05) is 17.8 Å². The average molecular weight is 416 g/mol. The Hall–Kier alpha value is -3.81. The minimum absolute atomic E-state index is 0.254. The van der Waals surface area contributed by atoms with E-state index in [9.17, 15) is 0 Å². The fourth-order valence-electron chi connectivity index (χ4n) is 3.64. The summed E-state index contributed by atoms with van der Waals surface area (Å²) in [5.74, 6) is 2.56. The Bertz CT molecular complexity index is 1260. The number of nitrogens with zero attached hydrogens (tertiary/aromatic N) is 4. The maximum atomic E-state index is 6.50. The summed E-state index contributed by atoms with van der Waals surface area (Å²) in [6, 6.07) is 15.8. The van der Waals surface area contributed by atoms with Crippen LogP contribution >= 0.6 is 0 Å². The monoisotopic (exact) mass is 416 g/mol. The van der Waals surface area contributed by atoms with Gasteiger partial charge in [0.25, 0.3) is 0 Å². The number of hydrogen-bond donors (Lipinski definition) is 2. The van der Waals surface area contributed by atoms with Crippen molar-refractivity contribution in [3.63, 3.8) is 0 Å². The van der Waals surface area contributed by atoms with Gasteiger partial charge in [-0.2, -0.15) is 4.98 Å². The molecule has 0 fully saturated rings. The van der Waals surface area contributed by atoms with Crippen molar-refractivity contribution in [2.45, 2.75) is 32.9 Å². The molecule has 3 N–H and O–H groups in total. The number of nitrogen functional groups attached to an aromatic ring is 1. The number of rotatable bonds is 4. The lowest BCUT2D eigenvalue weighted by Crippen LogP contribution is -2.24. The molecule has 0 saturated heterocycles. The van der Waals surface area contributed by atoms with Gasteiger partial charge in [-0.1, -0.05) is 36.4 Å². The molecule has 5 rings (SSSR count). The van der Waals surface area contributed by atoms with Gasteiger partial charge >= 0.3 is 0 Å². The van der Waals surface area contributed by atoms with Crippen LogP contribution in [-0.2, 0) is 12.1 Å². The van der Waals surface area contributed by atoms with Gasteiger partial charge in [-0.3, -0.25) is 0 Å². The van der Waals surface area contributed by atoms with Crippen LogP contribution in [-0.4, -0.2) is 26.5 Å². The Labute approximate surface area is 180 Å². The van der Waals surface area contributed by atoms with Crippen molar-refractivity contribution < 1.29 is 9.47 Å². The van der Waals surface area contributed by atoms with Crippen molar-refractivity contribution in [2.24, 2.45) is 0 Å². The van der Waals surface area contributed by atoms with Gasteiger partial charge in [-0.25, -0.2) is 9.67 Å². The van der Waals surface area contributed by atoms with Gasteiger partial charge in [-0.05, 0) is 38.5 Å². The van der Waals surface area contributed by atoms with E-state index in [1.54, 1.807) is 4.68 Å². The number of anilines is 2. The molecule has 4 aromatic rings. The Morgan fingerprint density at radius 3 is 2.58 bits per heavy atom. The van der Waals surface area contributed by atoms with E-state index in [-0.39, 0.29) is 12.3 Å². The molecule has 0 unspecified atom stereocenters. The molecule has 1 aliphatic rings. The summed E-state index contributed by atoms with van der Waals surface area (Å²) >= 11 is 0. The third-order valence-corrected chi connectivity index (χ3v) is 5.14. The van der Waals surface area contributed by atoms with Gasteiger partial charge < -0.3 is 20.5 Å². The van der Waals surface area contributed by atoms with Gasteiger partial charge in [0.1, 0.15) is 5.82 Å². The highest BCUT2D eigenvalue weighted by molar-refractivity contribution is 5.99. The van der Waals surface area contributed by atoms with Gasteiger partial charge in [0.15, 0.2) is 17.1 Å². The van der Waals surface area contributed by atoms with Gasteiger partial charge in [0, 0.05) is 12.1 Å². The molecule has 0 aliphatic carbocycles. The molecule has 8 nitrogen and oxygen atoms in total. The molecule has 0 spiro atoms. The predicted molar refractivity (Wildman–Crippen MR) is 120 cm³/mol. The maximum absolute atomic E-state index is 6.50. The molecule has 0 amide bonds. The SMILES string of the molecule is CC(C)(C)n1nc2nc(NCc3ccc4c(c3)OCO4)nc(-c3ccccc3)c2c1N. The maximum Gasteiger partial charge on any atom is 0.231 e. The highest BCUT2D eigenvalue weighted by Crippen LogP contribution is 2.35.